The molecule has 0 atom stereocenters. The molecule has 0 bridgehead atoms. The van der Waals surface area contributed by atoms with Crippen molar-refractivity contribution in [2.75, 3.05) is 24.8 Å². The maximum atomic E-state index is 15.3. The van der Waals surface area contributed by atoms with Gasteiger partial charge in [0.05, 0.1) is 9.99 Å². The largest absolute Gasteiger partial charge is 0.465 e. The van der Waals surface area contributed by atoms with Gasteiger partial charge in [0.15, 0.2) is 18.4 Å². The fourth-order valence-corrected chi connectivity index (χ4v) is 4.26. The highest BCUT2D eigenvalue weighted by atomic mass is 79.9. The molecule has 2 aromatic rings. The number of benzene rings is 1. The summed E-state index contributed by atoms with van der Waals surface area (Å²) in [6.45, 7) is -0.890. The first-order valence-corrected chi connectivity index (χ1v) is 9.37. The molecule has 1 aliphatic heterocycles. The third-order valence-corrected chi connectivity index (χ3v) is 5.71. The number of amides is 1. The minimum Gasteiger partial charge on any atom is -0.465 e. The van der Waals surface area contributed by atoms with Crippen molar-refractivity contribution in [3.63, 3.8) is 0 Å². The summed E-state index contributed by atoms with van der Waals surface area (Å²) in [6.07, 6.45) is 0. The van der Waals surface area contributed by atoms with Crippen LogP contribution in [-0.4, -0.2) is 39.3 Å². The Labute approximate surface area is 155 Å². The van der Waals surface area contributed by atoms with Crippen molar-refractivity contribution in [2.45, 2.75) is 0 Å². The molecule has 0 spiro atoms. The molecule has 26 heavy (non-hydrogen) atoms. The van der Waals surface area contributed by atoms with E-state index in [1.54, 1.807) is 4.72 Å². The van der Waals surface area contributed by atoms with Crippen LogP contribution < -0.4 is 19.3 Å². The van der Waals surface area contributed by atoms with Crippen LogP contribution in [0, 0.1) is 5.82 Å². The van der Waals surface area contributed by atoms with Gasteiger partial charge in [-0.3, -0.25) is 9.59 Å². The summed E-state index contributed by atoms with van der Waals surface area (Å²) >= 11 is 3.05. The highest BCUT2D eigenvalue weighted by Crippen LogP contribution is 2.39. The zero-order valence-electron chi connectivity index (χ0n) is 13.6. The topological polar surface area (TPSA) is 107 Å². The zero-order valence-corrected chi connectivity index (χ0v) is 16.0. The highest BCUT2D eigenvalue weighted by molar-refractivity contribution is 9.10. The van der Waals surface area contributed by atoms with E-state index in [0.717, 1.165) is 0 Å². The highest BCUT2D eigenvalue weighted by Gasteiger charge is 2.38. The molecule has 12 heteroatoms. The Bertz CT molecular complexity index is 1080. The molecule has 1 aromatic heterocycles. The second-order valence-corrected chi connectivity index (χ2v) is 7.86. The van der Waals surface area contributed by atoms with E-state index < -0.39 is 39.7 Å². The van der Waals surface area contributed by atoms with Crippen LogP contribution in [0.1, 0.15) is 0 Å². The van der Waals surface area contributed by atoms with Crippen LogP contribution in [0.3, 0.4) is 0 Å². The number of hydrogen-bond acceptors (Lipinski definition) is 6. The molecule has 1 aromatic carbocycles. The number of carbonyl (C=O) groups excluding carboxylic acids is 1. The van der Waals surface area contributed by atoms with Gasteiger partial charge in [0.1, 0.15) is 12.2 Å². The van der Waals surface area contributed by atoms with E-state index >= 15 is 4.39 Å². The van der Waals surface area contributed by atoms with E-state index in [9.17, 15) is 18.0 Å². The third kappa shape index (κ3) is 2.93. The summed E-state index contributed by atoms with van der Waals surface area (Å²) in [6, 6.07) is 2.56. The van der Waals surface area contributed by atoms with Crippen molar-refractivity contribution < 1.29 is 27.1 Å². The van der Waals surface area contributed by atoms with Crippen LogP contribution >= 0.6 is 15.9 Å². The Kier molecular flexibility index (Phi) is 4.67. The summed E-state index contributed by atoms with van der Waals surface area (Å²) in [5, 5.41) is -0.0201. The molecule has 1 amide bonds. The van der Waals surface area contributed by atoms with Gasteiger partial charge in [-0.15, -0.1) is 0 Å². The van der Waals surface area contributed by atoms with Gasteiger partial charge in [0.25, 0.3) is 11.5 Å². The van der Waals surface area contributed by atoms with Gasteiger partial charge in [-0.05, 0) is 22.0 Å². The summed E-state index contributed by atoms with van der Waals surface area (Å²) in [5.74, 6) is -1.94. The van der Waals surface area contributed by atoms with Gasteiger partial charge < -0.3 is 14.0 Å². The maximum absolute atomic E-state index is 15.3. The molecule has 0 aliphatic carbocycles. The lowest BCUT2D eigenvalue weighted by Crippen LogP contribution is -2.31. The minimum atomic E-state index is -4.26. The Hall–Kier alpha value is -2.18. The molecule has 0 saturated carbocycles. The average Bonchev–Trinajstić information content (AvgIpc) is 2.84. The zero-order chi connectivity index (χ0) is 19.2. The maximum Gasteiger partial charge on any atom is 0.326 e. The van der Waals surface area contributed by atoms with Crippen molar-refractivity contribution in [3.05, 3.63) is 32.8 Å². The lowest BCUT2D eigenvalue weighted by molar-refractivity contribution is -0.117. The number of aryl methyl sites for hydroxylation is 1. The second-order valence-electron chi connectivity index (χ2n) is 5.41. The standard InChI is InChI=1S/C14H13BrFN3O6S/c1-18-9-4-10(25-6-24-2)13(19-5-11(20)17-26(19,22)23)12(16)7(9)3-8(15)14(18)21/h3-4H,5-6H2,1-2H3,(H,17,20). The Morgan fingerprint density at radius 2 is 2.04 bits per heavy atom. The first-order chi connectivity index (χ1) is 12.2. The van der Waals surface area contributed by atoms with Gasteiger partial charge in [0, 0.05) is 25.6 Å². The molecule has 1 N–H and O–H groups in total. The molecule has 3 rings (SSSR count). The van der Waals surface area contributed by atoms with Crippen molar-refractivity contribution in [2.24, 2.45) is 7.05 Å². The van der Waals surface area contributed by atoms with Gasteiger partial charge in [0.2, 0.25) is 0 Å². The lowest BCUT2D eigenvalue weighted by atomic mass is 10.1. The number of rotatable bonds is 4. The number of carbonyl (C=O) groups is 1. The Balaban J connectivity index is 2.36. The lowest BCUT2D eigenvalue weighted by Gasteiger charge is -2.21. The monoisotopic (exact) mass is 449 g/mol. The van der Waals surface area contributed by atoms with Crippen LogP contribution in [0.4, 0.5) is 10.1 Å². The molecular weight excluding hydrogens is 437 g/mol. The van der Waals surface area contributed by atoms with Gasteiger partial charge in [-0.25, -0.2) is 13.4 Å². The molecule has 0 radical (unpaired) electrons. The van der Waals surface area contributed by atoms with Crippen LogP contribution in [-0.2, 0) is 26.8 Å². The van der Waals surface area contributed by atoms with E-state index in [1.165, 1.54) is 30.9 Å². The number of anilines is 1. The molecular formula is C14H13BrFN3O6S. The minimum absolute atomic E-state index is 0.0201. The van der Waals surface area contributed by atoms with Crippen LogP contribution in [0.5, 0.6) is 5.75 Å². The number of pyridine rings is 1. The predicted molar refractivity (Wildman–Crippen MR) is 93.8 cm³/mol. The van der Waals surface area contributed by atoms with E-state index in [-0.39, 0.29) is 27.9 Å². The Morgan fingerprint density at radius 1 is 1.35 bits per heavy atom. The number of aromatic nitrogens is 1. The number of ether oxygens (including phenoxy) is 2. The number of nitrogens with one attached hydrogen (secondary N) is 1. The van der Waals surface area contributed by atoms with E-state index in [4.69, 9.17) is 9.47 Å². The van der Waals surface area contributed by atoms with Gasteiger partial charge >= 0.3 is 10.2 Å². The molecule has 1 aliphatic rings. The fourth-order valence-electron chi connectivity index (χ4n) is 2.60. The van der Waals surface area contributed by atoms with Crippen molar-refractivity contribution >= 4 is 48.6 Å². The number of fused-ring (bicyclic) bond motifs is 1. The molecule has 9 nitrogen and oxygen atoms in total. The van der Waals surface area contributed by atoms with Crippen LogP contribution in [0.2, 0.25) is 0 Å². The third-order valence-electron chi connectivity index (χ3n) is 3.76. The molecule has 2 heterocycles. The SMILES string of the molecule is COCOc1cc2c(cc(Br)c(=O)n2C)c(F)c1N1CC(=O)NS1(=O)=O. The van der Waals surface area contributed by atoms with E-state index in [2.05, 4.69) is 15.9 Å². The van der Waals surface area contributed by atoms with Crippen molar-refractivity contribution in [1.82, 2.24) is 9.29 Å². The second kappa shape index (κ2) is 6.52. The number of methoxy groups -OCH3 is 1. The molecule has 0 unspecified atom stereocenters. The van der Waals surface area contributed by atoms with Gasteiger partial charge in [-0.2, -0.15) is 8.42 Å². The van der Waals surface area contributed by atoms with Crippen molar-refractivity contribution in [1.29, 1.82) is 0 Å². The predicted octanol–water partition coefficient (Wildman–Crippen LogP) is 0.604. The van der Waals surface area contributed by atoms with E-state index in [0.29, 0.717) is 4.31 Å². The summed E-state index contributed by atoms with van der Waals surface area (Å²) < 4.78 is 53.3. The smallest absolute Gasteiger partial charge is 0.326 e. The fraction of sp³-hybridized carbons (Fsp3) is 0.286. The first kappa shape index (κ1) is 18.6. The summed E-state index contributed by atoms with van der Waals surface area (Å²) in [5.41, 5.74) is -0.673. The van der Waals surface area contributed by atoms with Crippen LogP contribution in [0.25, 0.3) is 10.9 Å². The first-order valence-electron chi connectivity index (χ1n) is 7.14. The summed E-state index contributed by atoms with van der Waals surface area (Å²) in [7, 11) is -1.49. The Morgan fingerprint density at radius 3 is 2.62 bits per heavy atom. The van der Waals surface area contributed by atoms with Crippen molar-refractivity contribution in [3.8, 4) is 5.75 Å². The quantitative estimate of drug-likeness (QED) is 0.685. The normalized spacial score (nSPS) is 16.2. The number of halogens is 2. The summed E-state index contributed by atoms with van der Waals surface area (Å²) in [4.78, 5) is 23.6. The van der Waals surface area contributed by atoms with Gasteiger partial charge in [-0.1, -0.05) is 0 Å². The van der Waals surface area contributed by atoms with Crippen LogP contribution in [0.15, 0.2) is 21.4 Å². The van der Waals surface area contributed by atoms with E-state index in [1.807, 2.05) is 0 Å². The number of nitrogens with zero attached hydrogens (tertiary/aromatic N) is 2. The average molecular weight is 450 g/mol. The molecule has 140 valence electrons. The molecule has 1 saturated heterocycles. The number of hydrogen-bond donors (Lipinski definition) is 1. The molecule has 1 fully saturated rings.